The van der Waals surface area contributed by atoms with Crippen LogP contribution in [-0.4, -0.2) is 19.3 Å². The molecule has 0 aliphatic carbocycles. The van der Waals surface area contributed by atoms with E-state index in [0.717, 1.165) is 11.1 Å². The highest BCUT2D eigenvalue weighted by atomic mass is 79.9. The second-order valence-corrected chi connectivity index (χ2v) is 5.84. The molecule has 4 heteroatoms. The van der Waals surface area contributed by atoms with Crippen molar-refractivity contribution in [3.63, 3.8) is 0 Å². The number of methoxy groups -OCH3 is 2. The molecule has 1 unspecified atom stereocenters. The molecule has 0 spiro atoms. The zero-order valence-corrected chi connectivity index (χ0v) is 14.2. The maximum absolute atomic E-state index is 11.1. The summed E-state index contributed by atoms with van der Waals surface area (Å²) in [6, 6.07) is 11.4. The topological polar surface area (TPSA) is 38.7 Å². The van der Waals surface area contributed by atoms with Crippen molar-refractivity contribution < 1.29 is 14.6 Å². The Hall–Kier alpha value is -1.52. The van der Waals surface area contributed by atoms with E-state index in [-0.39, 0.29) is 0 Å². The van der Waals surface area contributed by atoms with E-state index in [2.05, 4.69) is 15.9 Å². The minimum atomic E-state index is -1.16. The molecule has 0 saturated heterocycles. The van der Waals surface area contributed by atoms with Gasteiger partial charge in [-0.3, -0.25) is 0 Å². The second kappa shape index (κ2) is 6.08. The lowest BCUT2D eigenvalue weighted by molar-refractivity contribution is 0.0980. The van der Waals surface area contributed by atoms with Gasteiger partial charge in [0.1, 0.15) is 21.6 Å². The molecule has 0 amide bonds. The Morgan fingerprint density at radius 1 is 1.00 bits per heavy atom. The van der Waals surface area contributed by atoms with Crippen LogP contribution in [0, 0.1) is 6.92 Å². The van der Waals surface area contributed by atoms with Gasteiger partial charge in [0.25, 0.3) is 0 Å². The third-order valence-corrected chi connectivity index (χ3v) is 4.43. The molecule has 0 heterocycles. The molecule has 0 fully saturated rings. The Morgan fingerprint density at radius 3 is 2.24 bits per heavy atom. The molecule has 0 saturated carbocycles. The zero-order valence-electron chi connectivity index (χ0n) is 12.6. The number of aliphatic hydroxyl groups is 1. The number of rotatable bonds is 4. The van der Waals surface area contributed by atoms with Crippen LogP contribution in [-0.2, 0) is 5.60 Å². The molecule has 2 rings (SSSR count). The van der Waals surface area contributed by atoms with E-state index in [9.17, 15) is 5.11 Å². The highest BCUT2D eigenvalue weighted by Gasteiger charge is 2.32. The van der Waals surface area contributed by atoms with Crippen molar-refractivity contribution in [2.75, 3.05) is 14.2 Å². The maximum atomic E-state index is 11.1. The van der Waals surface area contributed by atoms with Gasteiger partial charge in [-0.1, -0.05) is 24.3 Å². The second-order valence-electron chi connectivity index (χ2n) is 5.05. The molecule has 0 aliphatic heterocycles. The summed E-state index contributed by atoms with van der Waals surface area (Å²) >= 11 is 3.47. The standard InChI is InChI=1S/C17H19BrO3/c1-11-7-5-6-8-12(11)17(2,19)13-9-10-14(20-3)15(18)16(13)21-4/h5-10,19H,1-4H3. The van der Waals surface area contributed by atoms with E-state index < -0.39 is 5.60 Å². The third-order valence-electron chi connectivity index (χ3n) is 3.68. The highest BCUT2D eigenvalue weighted by molar-refractivity contribution is 9.10. The Bertz CT molecular complexity index is 650. The van der Waals surface area contributed by atoms with Crippen molar-refractivity contribution in [1.29, 1.82) is 0 Å². The van der Waals surface area contributed by atoms with Crippen molar-refractivity contribution in [2.45, 2.75) is 19.4 Å². The fraction of sp³-hybridized carbons (Fsp3) is 0.294. The quantitative estimate of drug-likeness (QED) is 0.904. The number of hydrogen-bond acceptors (Lipinski definition) is 3. The lowest BCUT2D eigenvalue weighted by atomic mass is 9.85. The van der Waals surface area contributed by atoms with Crippen LogP contribution in [0.4, 0.5) is 0 Å². The van der Waals surface area contributed by atoms with Gasteiger partial charge in [0.05, 0.1) is 14.2 Å². The molecular weight excluding hydrogens is 332 g/mol. The van der Waals surface area contributed by atoms with E-state index >= 15 is 0 Å². The molecule has 0 aliphatic rings. The monoisotopic (exact) mass is 350 g/mol. The van der Waals surface area contributed by atoms with Gasteiger partial charge in [-0.2, -0.15) is 0 Å². The first kappa shape index (κ1) is 15.9. The Balaban J connectivity index is 2.65. The number of aryl methyl sites for hydroxylation is 1. The summed E-state index contributed by atoms with van der Waals surface area (Å²) in [5, 5.41) is 11.1. The van der Waals surface area contributed by atoms with Crippen LogP contribution in [0.5, 0.6) is 11.5 Å². The van der Waals surface area contributed by atoms with Gasteiger partial charge in [-0.25, -0.2) is 0 Å². The fourth-order valence-corrected chi connectivity index (χ4v) is 3.21. The van der Waals surface area contributed by atoms with E-state index in [1.165, 1.54) is 0 Å². The van der Waals surface area contributed by atoms with Gasteiger partial charge >= 0.3 is 0 Å². The minimum Gasteiger partial charge on any atom is -0.495 e. The van der Waals surface area contributed by atoms with E-state index in [1.807, 2.05) is 43.3 Å². The molecule has 0 aromatic heterocycles. The van der Waals surface area contributed by atoms with Gasteiger partial charge in [0, 0.05) is 5.56 Å². The van der Waals surface area contributed by atoms with Crippen LogP contribution >= 0.6 is 15.9 Å². The molecule has 0 bridgehead atoms. The van der Waals surface area contributed by atoms with Crippen molar-refractivity contribution in [3.8, 4) is 11.5 Å². The zero-order chi connectivity index (χ0) is 15.6. The van der Waals surface area contributed by atoms with Crippen molar-refractivity contribution >= 4 is 15.9 Å². The molecule has 112 valence electrons. The van der Waals surface area contributed by atoms with E-state index in [0.29, 0.717) is 21.5 Å². The van der Waals surface area contributed by atoms with Gasteiger partial charge < -0.3 is 14.6 Å². The summed E-state index contributed by atoms with van der Waals surface area (Å²) in [5.41, 5.74) is 1.40. The van der Waals surface area contributed by atoms with Crippen LogP contribution in [0.1, 0.15) is 23.6 Å². The Morgan fingerprint density at radius 2 is 1.67 bits per heavy atom. The van der Waals surface area contributed by atoms with Crippen molar-refractivity contribution in [1.82, 2.24) is 0 Å². The predicted molar refractivity (Wildman–Crippen MR) is 87.1 cm³/mol. The molecule has 21 heavy (non-hydrogen) atoms. The SMILES string of the molecule is COc1ccc(C(C)(O)c2ccccc2C)c(OC)c1Br. The predicted octanol–water partition coefficient (Wildman–Crippen LogP) is 4.03. The summed E-state index contributed by atoms with van der Waals surface area (Å²) in [7, 11) is 3.18. The van der Waals surface area contributed by atoms with Crippen LogP contribution in [0.2, 0.25) is 0 Å². The fourth-order valence-electron chi connectivity index (χ4n) is 2.54. The number of halogens is 1. The van der Waals surface area contributed by atoms with Crippen molar-refractivity contribution in [2.24, 2.45) is 0 Å². The average Bonchev–Trinajstić information content (AvgIpc) is 2.47. The van der Waals surface area contributed by atoms with Crippen molar-refractivity contribution in [3.05, 3.63) is 57.6 Å². The molecule has 2 aromatic rings. The average molecular weight is 351 g/mol. The van der Waals surface area contributed by atoms with E-state index in [4.69, 9.17) is 9.47 Å². The van der Waals surface area contributed by atoms with Gasteiger partial charge in [-0.15, -0.1) is 0 Å². The molecule has 0 radical (unpaired) electrons. The molecular formula is C17H19BrO3. The Labute approximate surface area is 133 Å². The lowest BCUT2D eigenvalue weighted by Crippen LogP contribution is -2.25. The maximum Gasteiger partial charge on any atom is 0.143 e. The highest BCUT2D eigenvalue weighted by Crippen LogP contribution is 2.44. The summed E-state index contributed by atoms with van der Waals surface area (Å²) in [6.07, 6.45) is 0. The van der Waals surface area contributed by atoms with Crippen LogP contribution in [0.3, 0.4) is 0 Å². The summed E-state index contributed by atoms with van der Waals surface area (Å²) < 4.78 is 11.4. The van der Waals surface area contributed by atoms with Crippen LogP contribution in [0.25, 0.3) is 0 Å². The molecule has 1 atom stereocenters. The first-order valence-corrected chi connectivity index (χ1v) is 7.42. The summed E-state index contributed by atoms with van der Waals surface area (Å²) in [4.78, 5) is 0. The molecule has 3 nitrogen and oxygen atoms in total. The van der Waals surface area contributed by atoms with Crippen LogP contribution in [0.15, 0.2) is 40.9 Å². The van der Waals surface area contributed by atoms with Crippen LogP contribution < -0.4 is 9.47 Å². The first-order valence-electron chi connectivity index (χ1n) is 6.63. The lowest BCUT2D eigenvalue weighted by Gasteiger charge is -2.28. The first-order chi connectivity index (χ1) is 9.93. The number of benzene rings is 2. The van der Waals surface area contributed by atoms with Gasteiger partial charge in [0.15, 0.2) is 0 Å². The van der Waals surface area contributed by atoms with Gasteiger partial charge in [0.2, 0.25) is 0 Å². The third kappa shape index (κ3) is 2.78. The summed E-state index contributed by atoms with van der Waals surface area (Å²) in [6.45, 7) is 3.75. The smallest absolute Gasteiger partial charge is 0.143 e. The molecule has 1 N–H and O–H groups in total. The minimum absolute atomic E-state index is 0.572. The molecule has 2 aromatic carbocycles. The summed E-state index contributed by atoms with van der Waals surface area (Å²) in [5.74, 6) is 1.23. The largest absolute Gasteiger partial charge is 0.495 e. The Kier molecular flexibility index (Phi) is 4.59. The van der Waals surface area contributed by atoms with Gasteiger partial charge in [-0.05, 0) is 53.0 Å². The number of ether oxygens (including phenoxy) is 2. The number of hydrogen-bond donors (Lipinski definition) is 1. The normalized spacial score (nSPS) is 13.6. The van der Waals surface area contributed by atoms with E-state index in [1.54, 1.807) is 21.1 Å².